The number of rotatable bonds is 12. The summed E-state index contributed by atoms with van der Waals surface area (Å²) >= 11 is 0. The summed E-state index contributed by atoms with van der Waals surface area (Å²) in [6, 6.07) is 14.8. The number of hydrogen-bond donors (Lipinski definition) is 1. The average Bonchev–Trinajstić information content (AvgIpc) is 3.39. The van der Waals surface area contributed by atoms with Crippen LogP contribution in [0.1, 0.15) is 56.7 Å². The minimum atomic E-state index is -4.63. The second kappa shape index (κ2) is 16.0. The Morgan fingerprint density at radius 1 is 0.922 bits per heavy atom. The monoisotopic (exact) mass is 713 g/mol. The fraction of sp³-hybridized carbons (Fsp3) is 0.361. The van der Waals surface area contributed by atoms with E-state index in [2.05, 4.69) is 10.1 Å². The molecule has 1 N–H and O–H groups in total. The lowest BCUT2D eigenvalue weighted by atomic mass is 9.88. The van der Waals surface area contributed by atoms with E-state index in [1.165, 1.54) is 58.5 Å². The van der Waals surface area contributed by atoms with Crippen molar-refractivity contribution in [2.45, 2.75) is 51.8 Å². The van der Waals surface area contributed by atoms with Gasteiger partial charge in [0.2, 0.25) is 17.7 Å². The minimum Gasteiger partial charge on any atom is -0.476 e. The van der Waals surface area contributed by atoms with Crippen molar-refractivity contribution in [1.82, 2.24) is 24.6 Å². The van der Waals surface area contributed by atoms with Crippen LogP contribution in [0.5, 0.6) is 5.88 Å². The standard InChI is InChI=1S/C36H39F4N5O6/c1-35(2,3)51-34(49)44(17-9-12-30(46)43(4)5)18-19-50-29-16-14-25(22-41-29)31(27(21-36(38,39)40)23-10-7-6-8-11-23)24-13-15-28-26(20-24)32(37)42-45(28)33(47)48/h6-8,10-11,13-16,20,22H,9,12,17-19,21H2,1-5H3,(H,47,48). The molecule has 0 aliphatic carbocycles. The van der Waals surface area contributed by atoms with Gasteiger partial charge < -0.3 is 24.4 Å². The van der Waals surface area contributed by atoms with Crippen LogP contribution in [-0.2, 0) is 9.53 Å². The van der Waals surface area contributed by atoms with E-state index in [1.807, 2.05) is 0 Å². The summed E-state index contributed by atoms with van der Waals surface area (Å²) in [6.07, 6.45) is -6.12. The molecular formula is C36H39F4N5O6. The second-order valence-electron chi connectivity index (χ2n) is 12.8. The number of carbonyl (C=O) groups is 3. The zero-order chi connectivity index (χ0) is 37.5. The Morgan fingerprint density at radius 3 is 2.20 bits per heavy atom. The van der Waals surface area contributed by atoms with E-state index in [1.54, 1.807) is 53.1 Å². The van der Waals surface area contributed by atoms with Crippen LogP contribution in [-0.4, -0.2) is 93.3 Å². The van der Waals surface area contributed by atoms with Crippen molar-refractivity contribution in [3.05, 3.63) is 89.5 Å². The number of allylic oxidation sites excluding steroid dienone is 1. The normalized spacial score (nSPS) is 12.3. The summed E-state index contributed by atoms with van der Waals surface area (Å²) in [5.41, 5.74) is -0.179. The van der Waals surface area contributed by atoms with E-state index >= 15 is 0 Å². The van der Waals surface area contributed by atoms with E-state index in [0.717, 1.165) is 0 Å². The van der Waals surface area contributed by atoms with Gasteiger partial charge in [0.1, 0.15) is 12.2 Å². The van der Waals surface area contributed by atoms with E-state index in [0.29, 0.717) is 11.1 Å². The quantitative estimate of drug-likeness (QED) is 0.118. The van der Waals surface area contributed by atoms with Crippen molar-refractivity contribution in [2.24, 2.45) is 0 Å². The predicted octanol–water partition coefficient (Wildman–Crippen LogP) is 7.49. The molecule has 0 saturated carbocycles. The third-order valence-corrected chi connectivity index (χ3v) is 7.51. The first-order chi connectivity index (χ1) is 23.9. The molecular weight excluding hydrogens is 674 g/mol. The molecule has 4 rings (SSSR count). The molecule has 272 valence electrons. The molecule has 2 heterocycles. The maximum Gasteiger partial charge on any atom is 0.432 e. The second-order valence-corrected chi connectivity index (χ2v) is 12.8. The Morgan fingerprint density at radius 2 is 1.61 bits per heavy atom. The molecule has 2 aromatic heterocycles. The fourth-order valence-corrected chi connectivity index (χ4v) is 5.21. The molecule has 0 bridgehead atoms. The van der Waals surface area contributed by atoms with Crippen molar-refractivity contribution >= 4 is 40.1 Å². The van der Waals surface area contributed by atoms with Crippen molar-refractivity contribution < 1.29 is 46.5 Å². The van der Waals surface area contributed by atoms with Crippen LogP contribution in [0.3, 0.4) is 0 Å². The molecule has 4 aromatic rings. The lowest BCUT2D eigenvalue weighted by Gasteiger charge is -2.27. The Bertz CT molecular complexity index is 1880. The van der Waals surface area contributed by atoms with Gasteiger partial charge in [0, 0.05) is 44.9 Å². The maximum atomic E-state index is 14.8. The summed E-state index contributed by atoms with van der Waals surface area (Å²) < 4.78 is 68.9. The highest BCUT2D eigenvalue weighted by Crippen LogP contribution is 2.40. The smallest absolute Gasteiger partial charge is 0.432 e. The Labute approximate surface area is 292 Å². The van der Waals surface area contributed by atoms with Crippen molar-refractivity contribution in [2.75, 3.05) is 33.8 Å². The molecule has 0 spiro atoms. The van der Waals surface area contributed by atoms with E-state index in [-0.39, 0.29) is 76.6 Å². The number of halogens is 4. The molecule has 0 aliphatic rings. The van der Waals surface area contributed by atoms with Gasteiger partial charge in [0.15, 0.2) is 0 Å². The maximum absolute atomic E-state index is 14.8. The molecule has 51 heavy (non-hydrogen) atoms. The summed E-state index contributed by atoms with van der Waals surface area (Å²) in [6.45, 7) is 5.52. The number of hydrogen-bond acceptors (Lipinski definition) is 7. The number of ether oxygens (including phenoxy) is 2. The van der Waals surface area contributed by atoms with Crippen molar-refractivity contribution in [1.29, 1.82) is 0 Å². The van der Waals surface area contributed by atoms with E-state index in [9.17, 15) is 37.1 Å². The SMILES string of the molecule is CN(C)C(=O)CCCN(CCOc1ccc(C(=C(CC(F)(F)F)c2ccccc2)c2ccc3c(c2)c(F)nn3C(=O)O)cn1)C(=O)OC(C)(C)C. The van der Waals surface area contributed by atoms with Crippen LogP contribution >= 0.6 is 0 Å². The molecule has 2 aromatic carbocycles. The lowest BCUT2D eigenvalue weighted by Crippen LogP contribution is -2.40. The van der Waals surface area contributed by atoms with Gasteiger partial charge in [0.05, 0.1) is 23.9 Å². The van der Waals surface area contributed by atoms with E-state index < -0.39 is 36.3 Å². The molecule has 0 aliphatic heterocycles. The van der Waals surface area contributed by atoms with Crippen LogP contribution in [0.25, 0.3) is 22.0 Å². The predicted molar refractivity (Wildman–Crippen MR) is 182 cm³/mol. The Hall–Kier alpha value is -5.47. The molecule has 2 amide bonds. The first-order valence-corrected chi connectivity index (χ1v) is 16.0. The molecule has 0 fully saturated rings. The molecule has 0 saturated heterocycles. The number of amides is 2. The zero-order valence-electron chi connectivity index (χ0n) is 28.8. The molecule has 0 atom stereocenters. The summed E-state index contributed by atoms with van der Waals surface area (Å²) in [4.78, 5) is 43.7. The zero-order valence-corrected chi connectivity index (χ0v) is 28.8. The van der Waals surface area contributed by atoms with Gasteiger partial charge in [-0.05, 0) is 67.7 Å². The first-order valence-electron chi connectivity index (χ1n) is 16.0. The first kappa shape index (κ1) is 38.3. The highest BCUT2D eigenvalue weighted by molar-refractivity contribution is 6.01. The van der Waals surface area contributed by atoms with Gasteiger partial charge >= 0.3 is 18.4 Å². The van der Waals surface area contributed by atoms with E-state index in [4.69, 9.17) is 9.47 Å². The molecule has 0 radical (unpaired) electrons. The fourth-order valence-electron chi connectivity index (χ4n) is 5.21. The van der Waals surface area contributed by atoms with Gasteiger partial charge in [0.25, 0.3) is 0 Å². The number of alkyl halides is 3. The number of aromatic nitrogens is 3. The van der Waals surface area contributed by atoms with Gasteiger partial charge in [-0.15, -0.1) is 5.10 Å². The Balaban J connectivity index is 1.66. The number of pyridine rings is 1. The molecule has 0 unspecified atom stereocenters. The topological polar surface area (TPSA) is 127 Å². The molecule has 15 heteroatoms. The van der Waals surface area contributed by atoms with Crippen LogP contribution in [0.15, 0.2) is 66.9 Å². The average molecular weight is 714 g/mol. The number of benzene rings is 2. The minimum absolute atomic E-state index is 0.0111. The van der Waals surface area contributed by atoms with Crippen LogP contribution < -0.4 is 4.74 Å². The number of fused-ring (bicyclic) bond motifs is 1. The number of carbonyl (C=O) groups excluding carboxylic acids is 2. The van der Waals surface area contributed by atoms with Gasteiger partial charge in [-0.2, -0.15) is 22.2 Å². The Kier molecular flexibility index (Phi) is 12.1. The summed E-state index contributed by atoms with van der Waals surface area (Å²) in [7, 11) is 3.29. The summed E-state index contributed by atoms with van der Waals surface area (Å²) in [5, 5.41) is 12.6. The van der Waals surface area contributed by atoms with Gasteiger partial charge in [-0.25, -0.2) is 14.6 Å². The van der Waals surface area contributed by atoms with Crippen molar-refractivity contribution in [3.63, 3.8) is 0 Å². The van der Waals surface area contributed by atoms with Gasteiger partial charge in [-0.3, -0.25) is 4.79 Å². The van der Waals surface area contributed by atoms with Crippen LogP contribution in [0.2, 0.25) is 0 Å². The van der Waals surface area contributed by atoms with Crippen molar-refractivity contribution in [3.8, 4) is 5.88 Å². The number of nitrogens with zero attached hydrogens (tertiary/aromatic N) is 5. The summed E-state index contributed by atoms with van der Waals surface area (Å²) in [5.74, 6) is -1.07. The number of carboxylic acid groups (broad SMARTS) is 1. The third kappa shape index (κ3) is 10.5. The van der Waals surface area contributed by atoms with Gasteiger partial charge in [-0.1, -0.05) is 36.4 Å². The lowest BCUT2D eigenvalue weighted by molar-refractivity contribution is -0.129. The molecule has 11 nitrogen and oxygen atoms in total. The highest BCUT2D eigenvalue weighted by Gasteiger charge is 2.32. The largest absolute Gasteiger partial charge is 0.476 e. The third-order valence-electron chi connectivity index (χ3n) is 7.51. The van der Waals surface area contributed by atoms with Crippen LogP contribution in [0.4, 0.5) is 27.2 Å². The van der Waals surface area contributed by atoms with Crippen LogP contribution in [0, 0.1) is 5.95 Å². The highest BCUT2D eigenvalue weighted by atomic mass is 19.4.